The van der Waals surface area contributed by atoms with E-state index in [0.717, 1.165) is 12.8 Å². The maximum absolute atomic E-state index is 12.5. The van der Waals surface area contributed by atoms with E-state index in [-0.39, 0.29) is 10.7 Å². The molecule has 0 bridgehead atoms. The molecule has 1 heterocycles. The molecule has 1 aliphatic heterocycles. The molecule has 1 unspecified atom stereocenters. The Kier molecular flexibility index (Phi) is 4.06. The van der Waals surface area contributed by atoms with Gasteiger partial charge in [-0.05, 0) is 31.4 Å². The molecule has 1 atom stereocenters. The average Bonchev–Trinajstić information content (AvgIpc) is 2.88. The number of Topliss-reactive ketones (excluding diaryl/α,β-unsaturated/α-hetero) is 1. The van der Waals surface area contributed by atoms with Crippen LogP contribution in [0.2, 0.25) is 0 Å². The molecule has 1 aromatic carbocycles. The molecule has 1 fully saturated rings. The summed E-state index contributed by atoms with van der Waals surface area (Å²) in [4.78, 5) is 11.6. The highest BCUT2D eigenvalue weighted by atomic mass is 32.2. The molecular weight excluding hydrogens is 262 g/mol. The summed E-state index contributed by atoms with van der Waals surface area (Å²) in [5, 5.41) is 0. The normalized spacial score (nSPS) is 20.6. The van der Waals surface area contributed by atoms with Crippen LogP contribution in [0.5, 0.6) is 0 Å². The molecule has 0 N–H and O–H groups in total. The van der Waals surface area contributed by atoms with Gasteiger partial charge >= 0.3 is 0 Å². The molecule has 0 spiro atoms. The first kappa shape index (κ1) is 14.2. The number of carbonyl (C=O) groups excluding carboxylic acids is 1. The number of rotatable bonds is 4. The number of ketones is 1. The molecule has 1 saturated heterocycles. The van der Waals surface area contributed by atoms with E-state index in [2.05, 4.69) is 6.92 Å². The van der Waals surface area contributed by atoms with Crippen LogP contribution >= 0.6 is 0 Å². The minimum Gasteiger partial charge on any atom is -0.295 e. The SMILES string of the molecule is CCC1CCN(S(=O)(=O)c2cccc(C(C)=O)c2)C1. The lowest BCUT2D eigenvalue weighted by Gasteiger charge is -2.16. The van der Waals surface area contributed by atoms with Gasteiger partial charge in [-0.15, -0.1) is 0 Å². The number of hydrogen-bond acceptors (Lipinski definition) is 3. The first-order valence-corrected chi connectivity index (χ1v) is 8.00. The summed E-state index contributed by atoms with van der Waals surface area (Å²) in [7, 11) is -3.46. The maximum Gasteiger partial charge on any atom is 0.243 e. The van der Waals surface area contributed by atoms with Crippen LogP contribution < -0.4 is 0 Å². The Morgan fingerprint density at radius 2 is 2.16 bits per heavy atom. The maximum atomic E-state index is 12.5. The van der Waals surface area contributed by atoms with E-state index in [1.54, 1.807) is 18.2 Å². The van der Waals surface area contributed by atoms with Crippen LogP contribution in [0.4, 0.5) is 0 Å². The van der Waals surface area contributed by atoms with Gasteiger partial charge in [0.15, 0.2) is 5.78 Å². The Morgan fingerprint density at radius 3 is 2.74 bits per heavy atom. The third-order valence-corrected chi connectivity index (χ3v) is 5.57. The van der Waals surface area contributed by atoms with Crippen molar-refractivity contribution >= 4 is 15.8 Å². The van der Waals surface area contributed by atoms with E-state index in [1.807, 2.05) is 0 Å². The van der Waals surface area contributed by atoms with Gasteiger partial charge in [0.2, 0.25) is 10.0 Å². The second kappa shape index (κ2) is 5.43. The summed E-state index contributed by atoms with van der Waals surface area (Å²) in [6.45, 7) is 4.68. The zero-order valence-corrected chi connectivity index (χ0v) is 12.1. The summed E-state index contributed by atoms with van der Waals surface area (Å²) in [5.74, 6) is 0.329. The highest BCUT2D eigenvalue weighted by Crippen LogP contribution is 2.26. The van der Waals surface area contributed by atoms with Gasteiger partial charge in [-0.25, -0.2) is 8.42 Å². The molecule has 1 aromatic rings. The molecule has 0 radical (unpaired) electrons. The van der Waals surface area contributed by atoms with Crippen molar-refractivity contribution in [2.75, 3.05) is 13.1 Å². The van der Waals surface area contributed by atoms with Gasteiger partial charge in [0.1, 0.15) is 0 Å². The van der Waals surface area contributed by atoms with E-state index in [1.165, 1.54) is 17.3 Å². The summed E-state index contributed by atoms with van der Waals surface area (Å²) in [5.41, 5.74) is 0.437. The lowest BCUT2D eigenvalue weighted by molar-refractivity contribution is 0.101. The molecule has 4 nitrogen and oxygen atoms in total. The fraction of sp³-hybridized carbons (Fsp3) is 0.500. The van der Waals surface area contributed by atoms with Crippen LogP contribution in [0.3, 0.4) is 0 Å². The molecule has 5 heteroatoms. The molecule has 19 heavy (non-hydrogen) atoms. The predicted octanol–water partition coefficient (Wildman–Crippen LogP) is 2.31. The highest BCUT2D eigenvalue weighted by molar-refractivity contribution is 7.89. The number of sulfonamides is 1. The van der Waals surface area contributed by atoms with Gasteiger partial charge in [-0.2, -0.15) is 4.31 Å². The Balaban J connectivity index is 2.30. The van der Waals surface area contributed by atoms with Crippen LogP contribution in [0, 0.1) is 5.92 Å². The van der Waals surface area contributed by atoms with Crippen molar-refractivity contribution in [3.8, 4) is 0 Å². The molecular formula is C14H19NO3S. The standard InChI is InChI=1S/C14H19NO3S/c1-3-12-7-8-15(10-12)19(17,18)14-6-4-5-13(9-14)11(2)16/h4-6,9,12H,3,7-8,10H2,1-2H3. The van der Waals surface area contributed by atoms with Crippen molar-refractivity contribution in [1.82, 2.24) is 4.31 Å². The Bertz CT molecular complexity index is 580. The van der Waals surface area contributed by atoms with E-state index in [4.69, 9.17) is 0 Å². The minimum absolute atomic E-state index is 0.120. The third-order valence-electron chi connectivity index (χ3n) is 3.70. The van der Waals surface area contributed by atoms with E-state index in [9.17, 15) is 13.2 Å². The fourth-order valence-electron chi connectivity index (χ4n) is 2.37. The van der Waals surface area contributed by atoms with Gasteiger partial charge < -0.3 is 0 Å². The van der Waals surface area contributed by atoms with Crippen molar-refractivity contribution in [3.05, 3.63) is 29.8 Å². The van der Waals surface area contributed by atoms with Crippen molar-refractivity contribution in [1.29, 1.82) is 0 Å². The summed E-state index contributed by atoms with van der Waals surface area (Å²) >= 11 is 0. The van der Waals surface area contributed by atoms with Crippen LogP contribution in [0.15, 0.2) is 29.2 Å². The summed E-state index contributed by atoms with van der Waals surface area (Å²) < 4.78 is 26.5. The molecule has 2 rings (SSSR count). The highest BCUT2D eigenvalue weighted by Gasteiger charge is 2.31. The Labute approximate surface area is 114 Å². The van der Waals surface area contributed by atoms with Gasteiger partial charge in [-0.3, -0.25) is 4.79 Å². The second-order valence-electron chi connectivity index (χ2n) is 5.01. The predicted molar refractivity (Wildman–Crippen MR) is 73.6 cm³/mol. The van der Waals surface area contributed by atoms with Crippen molar-refractivity contribution in [2.24, 2.45) is 5.92 Å². The average molecular weight is 281 g/mol. The van der Waals surface area contributed by atoms with Crippen LogP contribution in [0.25, 0.3) is 0 Å². The second-order valence-corrected chi connectivity index (χ2v) is 6.95. The largest absolute Gasteiger partial charge is 0.295 e. The number of benzene rings is 1. The first-order chi connectivity index (χ1) is 8.95. The molecule has 0 aromatic heterocycles. The Hall–Kier alpha value is -1.20. The van der Waals surface area contributed by atoms with Crippen molar-refractivity contribution in [3.63, 3.8) is 0 Å². The fourth-order valence-corrected chi connectivity index (χ4v) is 3.95. The smallest absolute Gasteiger partial charge is 0.243 e. The quantitative estimate of drug-likeness (QED) is 0.796. The topological polar surface area (TPSA) is 54.5 Å². The van der Waals surface area contributed by atoms with E-state index >= 15 is 0 Å². The zero-order chi connectivity index (χ0) is 14.0. The number of nitrogens with zero attached hydrogens (tertiary/aromatic N) is 1. The van der Waals surface area contributed by atoms with Crippen LogP contribution in [-0.4, -0.2) is 31.6 Å². The lowest BCUT2D eigenvalue weighted by Crippen LogP contribution is -2.29. The van der Waals surface area contributed by atoms with Gasteiger partial charge in [-0.1, -0.05) is 25.5 Å². The molecule has 0 saturated carbocycles. The van der Waals surface area contributed by atoms with Gasteiger partial charge in [0, 0.05) is 18.7 Å². The van der Waals surface area contributed by atoms with E-state index in [0.29, 0.717) is 24.6 Å². The van der Waals surface area contributed by atoms with Crippen molar-refractivity contribution in [2.45, 2.75) is 31.6 Å². The molecule has 0 amide bonds. The van der Waals surface area contributed by atoms with Gasteiger partial charge in [0.05, 0.1) is 4.90 Å². The minimum atomic E-state index is -3.46. The number of hydrogen-bond donors (Lipinski definition) is 0. The molecule has 1 aliphatic rings. The lowest BCUT2D eigenvalue weighted by atomic mass is 10.1. The summed E-state index contributed by atoms with van der Waals surface area (Å²) in [6, 6.07) is 6.29. The van der Waals surface area contributed by atoms with E-state index < -0.39 is 10.0 Å². The monoisotopic (exact) mass is 281 g/mol. The molecule has 0 aliphatic carbocycles. The van der Waals surface area contributed by atoms with Crippen LogP contribution in [-0.2, 0) is 10.0 Å². The van der Waals surface area contributed by atoms with Gasteiger partial charge in [0.25, 0.3) is 0 Å². The summed E-state index contributed by atoms with van der Waals surface area (Å²) in [6.07, 6.45) is 1.92. The Morgan fingerprint density at radius 1 is 1.42 bits per heavy atom. The molecule has 104 valence electrons. The van der Waals surface area contributed by atoms with Crippen LogP contribution in [0.1, 0.15) is 37.0 Å². The first-order valence-electron chi connectivity index (χ1n) is 6.56. The number of carbonyl (C=O) groups is 1. The van der Waals surface area contributed by atoms with Crippen molar-refractivity contribution < 1.29 is 13.2 Å². The third kappa shape index (κ3) is 2.87. The zero-order valence-electron chi connectivity index (χ0n) is 11.3.